The van der Waals surface area contributed by atoms with Crippen LogP contribution in [-0.2, 0) is 35.2 Å². The number of amides is 4. The number of para-hydroxylation sites is 1. The largest absolute Gasteiger partial charge is 0.481 e. The van der Waals surface area contributed by atoms with E-state index in [1.54, 1.807) is 6.20 Å². The van der Waals surface area contributed by atoms with Crippen LogP contribution < -0.4 is 27.4 Å². The molecule has 0 fully saturated rings. The van der Waals surface area contributed by atoms with E-state index in [4.69, 9.17) is 21.7 Å². The van der Waals surface area contributed by atoms with E-state index in [0.717, 1.165) is 16.5 Å². The molecule has 0 saturated heterocycles. The number of hydrogen-bond donors (Lipinski definition) is 8. The Labute approximate surface area is 204 Å². The molecule has 14 nitrogen and oxygen atoms in total. The van der Waals surface area contributed by atoms with E-state index in [9.17, 15) is 28.8 Å². The Balaban J connectivity index is 2.00. The molecule has 4 amide bonds. The lowest BCUT2D eigenvalue weighted by Crippen LogP contribution is -2.57. The molecule has 2 aromatic rings. The molecule has 1 aromatic heterocycles. The maximum absolute atomic E-state index is 12.6. The highest BCUT2D eigenvalue weighted by Gasteiger charge is 2.31. The number of nitrogens with two attached hydrogens (primary N) is 2. The topological polar surface area (TPSA) is 247 Å². The molecule has 0 aliphatic rings. The number of carboxylic acids is 2. The zero-order chi connectivity index (χ0) is 27.0. The fourth-order valence-corrected chi connectivity index (χ4v) is 3.37. The van der Waals surface area contributed by atoms with Crippen LogP contribution in [0.25, 0.3) is 10.9 Å². The van der Waals surface area contributed by atoms with Crippen LogP contribution in [0.2, 0.25) is 0 Å². The van der Waals surface area contributed by atoms with Crippen LogP contribution in [0.5, 0.6) is 0 Å². The second-order valence-electron chi connectivity index (χ2n) is 8.13. The van der Waals surface area contributed by atoms with Crippen molar-refractivity contribution in [2.45, 2.75) is 50.4 Å². The molecule has 0 radical (unpaired) electrons. The number of fused-ring (bicyclic) bond motifs is 1. The summed E-state index contributed by atoms with van der Waals surface area (Å²) in [7, 11) is 0. The molecule has 0 aliphatic heterocycles. The fraction of sp³-hybridized carbons (Fsp3) is 0.364. The van der Waals surface area contributed by atoms with Crippen LogP contribution in [0.3, 0.4) is 0 Å². The molecular formula is C22H28N6O8. The van der Waals surface area contributed by atoms with Gasteiger partial charge in [-0.3, -0.25) is 24.0 Å². The Bertz CT molecular complexity index is 1160. The highest BCUT2D eigenvalue weighted by Crippen LogP contribution is 2.18. The molecule has 1 heterocycles. The molecule has 0 spiro atoms. The van der Waals surface area contributed by atoms with Crippen LogP contribution in [0.1, 0.15) is 25.3 Å². The van der Waals surface area contributed by atoms with Gasteiger partial charge in [-0.25, -0.2) is 4.79 Å². The van der Waals surface area contributed by atoms with E-state index < -0.39 is 72.6 Å². The summed E-state index contributed by atoms with van der Waals surface area (Å²) in [5.74, 6) is -6.78. The average molecular weight is 505 g/mol. The molecule has 14 heteroatoms. The molecule has 0 saturated carbocycles. The third-order valence-corrected chi connectivity index (χ3v) is 5.24. The lowest BCUT2D eigenvalue weighted by Gasteiger charge is -2.22. The highest BCUT2D eigenvalue weighted by atomic mass is 16.4. The van der Waals surface area contributed by atoms with Crippen molar-refractivity contribution in [1.82, 2.24) is 20.9 Å². The normalized spacial score (nSPS) is 14.2. The van der Waals surface area contributed by atoms with Crippen molar-refractivity contribution in [3.63, 3.8) is 0 Å². The number of aliphatic carboxylic acids is 2. The molecule has 10 N–H and O–H groups in total. The maximum atomic E-state index is 12.6. The third-order valence-electron chi connectivity index (χ3n) is 5.24. The van der Waals surface area contributed by atoms with Gasteiger partial charge in [0.25, 0.3) is 0 Å². The number of primary amides is 1. The SMILES string of the molecule is C[C@H](NC(=O)[C@@H](N)Cc1c[nH]c2ccccc12)C(=O)N[C@@H](CC(=O)O)C(=O)N[C@@H](CC(N)=O)C(=O)O. The van der Waals surface area contributed by atoms with Crippen molar-refractivity contribution in [2.75, 3.05) is 0 Å². The first kappa shape index (κ1) is 27.8. The van der Waals surface area contributed by atoms with Crippen molar-refractivity contribution in [1.29, 1.82) is 0 Å². The summed E-state index contributed by atoms with van der Waals surface area (Å²) in [6.45, 7) is 1.30. The highest BCUT2D eigenvalue weighted by molar-refractivity contribution is 5.96. The van der Waals surface area contributed by atoms with E-state index in [1.807, 2.05) is 29.6 Å². The van der Waals surface area contributed by atoms with Crippen molar-refractivity contribution < 1.29 is 39.0 Å². The molecule has 4 atom stereocenters. The minimum Gasteiger partial charge on any atom is -0.481 e. The van der Waals surface area contributed by atoms with Gasteiger partial charge >= 0.3 is 11.9 Å². The number of H-pyrrole nitrogens is 1. The predicted molar refractivity (Wildman–Crippen MR) is 125 cm³/mol. The number of rotatable bonds is 13. The number of benzene rings is 1. The minimum atomic E-state index is -1.72. The van der Waals surface area contributed by atoms with Gasteiger partial charge in [-0.15, -0.1) is 0 Å². The molecule has 36 heavy (non-hydrogen) atoms. The number of hydrogen-bond acceptors (Lipinski definition) is 7. The van der Waals surface area contributed by atoms with E-state index >= 15 is 0 Å². The first-order valence-electron chi connectivity index (χ1n) is 10.8. The standard InChI is InChI=1S/C22H28N6O8/c1-10(26-20(33)13(23)6-11-9-25-14-5-3-2-4-12(11)14)19(32)27-15(8-18(30)31)21(34)28-16(22(35)36)7-17(24)29/h2-5,9-10,13,15-16,25H,6-8,23H2,1H3,(H2,24,29)(H,26,33)(H,27,32)(H,28,34)(H,30,31)(H,35,36)/t10-,13-,15-,16-/m0/s1. The zero-order valence-corrected chi connectivity index (χ0v) is 19.3. The van der Waals surface area contributed by atoms with Crippen LogP contribution in [0.15, 0.2) is 30.5 Å². The van der Waals surface area contributed by atoms with Crippen molar-refractivity contribution in [3.8, 4) is 0 Å². The van der Waals surface area contributed by atoms with Gasteiger partial charge in [-0.2, -0.15) is 0 Å². The Kier molecular flexibility index (Phi) is 9.50. The number of carboxylic acid groups (broad SMARTS) is 2. The smallest absolute Gasteiger partial charge is 0.326 e. The number of carbonyl (C=O) groups is 6. The summed E-state index contributed by atoms with van der Waals surface area (Å²) in [6.07, 6.45) is 0.271. The lowest BCUT2D eigenvalue weighted by atomic mass is 10.0. The van der Waals surface area contributed by atoms with Crippen molar-refractivity contribution in [3.05, 3.63) is 36.0 Å². The second kappa shape index (κ2) is 12.3. The van der Waals surface area contributed by atoms with Gasteiger partial charge in [-0.1, -0.05) is 18.2 Å². The fourth-order valence-electron chi connectivity index (χ4n) is 3.37. The van der Waals surface area contributed by atoms with E-state index in [2.05, 4.69) is 15.6 Å². The molecule has 0 unspecified atom stereocenters. The Hall–Kier alpha value is -4.46. The maximum Gasteiger partial charge on any atom is 0.326 e. The van der Waals surface area contributed by atoms with Crippen LogP contribution in [-0.4, -0.2) is 74.9 Å². The summed E-state index contributed by atoms with van der Waals surface area (Å²) >= 11 is 0. The minimum absolute atomic E-state index is 0.171. The summed E-state index contributed by atoms with van der Waals surface area (Å²) in [4.78, 5) is 74.0. The molecule has 2 rings (SSSR count). The quantitative estimate of drug-likeness (QED) is 0.149. The Morgan fingerprint density at radius 3 is 2.17 bits per heavy atom. The summed E-state index contributed by atoms with van der Waals surface area (Å²) in [6, 6.07) is 1.80. The Morgan fingerprint density at radius 1 is 0.917 bits per heavy atom. The lowest BCUT2D eigenvalue weighted by molar-refractivity contribution is -0.144. The predicted octanol–water partition coefficient (Wildman–Crippen LogP) is -2.05. The van der Waals surface area contributed by atoms with Crippen LogP contribution >= 0.6 is 0 Å². The van der Waals surface area contributed by atoms with Gasteiger partial charge in [0.1, 0.15) is 18.1 Å². The first-order chi connectivity index (χ1) is 16.9. The third kappa shape index (κ3) is 7.80. The second-order valence-corrected chi connectivity index (χ2v) is 8.13. The molecule has 194 valence electrons. The summed E-state index contributed by atoms with van der Waals surface area (Å²) in [5, 5.41) is 25.6. The van der Waals surface area contributed by atoms with Crippen LogP contribution in [0, 0.1) is 0 Å². The molecular weight excluding hydrogens is 476 g/mol. The average Bonchev–Trinajstić information content (AvgIpc) is 3.20. The number of nitrogens with one attached hydrogen (secondary N) is 4. The van der Waals surface area contributed by atoms with Gasteiger partial charge in [0.05, 0.1) is 18.9 Å². The Morgan fingerprint density at radius 2 is 1.56 bits per heavy atom. The number of aromatic amines is 1. The van der Waals surface area contributed by atoms with E-state index in [-0.39, 0.29) is 6.42 Å². The van der Waals surface area contributed by atoms with E-state index in [1.165, 1.54) is 6.92 Å². The van der Waals surface area contributed by atoms with Gasteiger partial charge in [-0.05, 0) is 25.0 Å². The molecule has 1 aromatic carbocycles. The number of carbonyl (C=O) groups excluding carboxylic acids is 4. The first-order valence-corrected chi connectivity index (χ1v) is 10.8. The van der Waals surface area contributed by atoms with E-state index in [0.29, 0.717) is 0 Å². The number of aromatic nitrogens is 1. The van der Waals surface area contributed by atoms with Crippen molar-refractivity contribution >= 4 is 46.5 Å². The van der Waals surface area contributed by atoms with Gasteiger partial charge in [0.15, 0.2) is 0 Å². The summed E-state index contributed by atoms with van der Waals surface area (Å²) in [5.41, 5.74) is 12.6. The van der Waals surface area contributed by atoms with Gasteiger partial charge < -0.3 is 42.6 Å². The zero-order valence-electron chi connectivity index (χ0n) is 19.3. The van der Waals surface area contributed by atoms with Gasteiger partial charge in [0.2, 0.25) is 23.6 Å². The molecule has 0 bridgehead atoms. The van der Waals surface area contributed by atoms with Crippen molar-refractivity contribution in [2.24, 2.45) is 11.5 Å². The van der Waals surface area contributed by atoms with Gasteiger partial charge in [0, 0.05) is 17.1 Å². The monoisotopic (exact) mass is 504 g/mol. The molecule has 0 aliphatic carbocycles. The summed E-state index contributed by atoms with van der Waals surface area (Å²) < 4.78 is 0. The van der Waals surface area contributed by atoms with Crippen LogP contribution in [0.4, 0.5) is 0 Å².